The minimum atomic E-state index is 0.229. The van der Waals surface area contributed by atoms with Crippen LogP contribution in [0.3, 0.4) is 0 Å². The molecule has 1 aromatic carbocycles. The molecule has 0 saturated heterocycles. The Morgan fingerprint density at radius 2 is 1.89 bits per heavy atom. The summed E-state index contributed by atoms with van der Waals surface area (Å²) in [5.74, 6) is 3.60. The van der Waals surface area contributed by atoms with E-state index in [9.17, 15) is 4.79 Å². The van der Waals surface area contributed by atoms with Crippen molar-refractivity contribution in [3.05, 3.63) is 29.8 Å². The molecule has 3 fully saturated rings. The molecule has 3 nitrogen and oxygen atoms in total. The van der Waals surface area contributed by atoms with Crippen molar-refractivity contribution in [2.75, 3.05) is 5.32 Å². The van der Waals surface area contributed by atoms with Crippen LogP contribution in [0.4, 0.5) is 5.69 Å². The van der Waals surface area contributed by atoms with Crippen LogP contribution in [0.15, 0.2) is 24.3 Å². The van der Waals surface area contributed by atoms with Gasteiger partial charge in [-0.1, -0.05) is 18.2 Å². The lowest BCUT2D eigenvalue weighted by Gasteiger charge is -2.12. The van der Waals surface area contributed by atoms with Gasteiger partial charge in [0, 0.05) is 18.2 Å². The van der Waals surface area contributed by atoms with Crippen LogP contribution in [-0.4, -0.2) is 5.91 Å². The van der Waals surface area contributed by atoms with E-state index in [1.165, 1.54) is 19.3 Å². The highest BCUT2D eigenvalue weighted by atomic mass is 16.2. The summed E-state index contributed by atoms with van der Waals surface area (Å²) in [7, 11) is 0. The lowest BCUT2D eigenvalue weighted by atomic mass is 10.0. The Bertz CT molecular complexity index is 511. The molecular weight excluding hydrogens is 236 g/mol. The van der Waals surface area contributed by atoms with Crippen molar-refractivity contribution < 1.29 is 4.79 Å². The lowest BCUT2D eigenvalue weighted by molar-refractivity contribution is -0.118. The summed E-state index contributed by atoms with van der Waals surface area (Å²) < 4.78 is 0. The van der Waals surface area contributed by atoms with Crippen molar-refractivity contribution in [3.63, 3.8) is 0 Å². The van der Waals surface area contributed by atoms with Gasteiger partial charge >= 0.3 is 0 Å². The maximum absolute atomic E-state index is 12.4. The molecule has 1 aromatic rings. The van der Waals surface area contributed by atoms with E-state index in [0.29, 0.717) is 18.4 Å². The number of hydrogen-bond acceptors (Lipinski definition) is 2. The first-order valence-electron chi connectivity index (χ1n) is 7.38. The van der Waals surface area contributed by atoms with E-state index in [2.05, 4.69) is 5.32 Å². The fraction of sp³-hybridized carbons (Fsp3) is 0.562. The molecule has 4 unspecified atom stereocenters. The normalized spacial score (nSPS) is 38.1. The smallest absolute Gasteiger partial charge is 0.228 e. The lowest BCUT2D eigenvalue weighted by Crippen LogP contribution is -2.19. The second kappa shape index (κ2) is 4.07. The van der Waals surface area contributed by atoms with Gasteiger partial charge in [0.2, 0.25) is 5.91 Å². The Kier molecular flexibility index (Phi) is 2.46. The van der Waals surface area contributed by atoms with Gasteiger partial charge in [0.1, 0.15) is 0 Å². The Hall–Kier alpha value is -1.35. The maximum Gasteiger partial charge on any atom is 0.228 e. The van der Waals surface area contributed by atoms with Gasteiger partial charge < -0.3 is 11.1 Å². The third-order valence-corrected chi connectivity index (χ3v) is 5.53. The number of para-hydroxylation sites is 1. The standard InChI is InChI=1S/C16H20N2O/c17-8-11-3-1-2-4-12(11)18-16(19)15-13-9-5-6-10(7-9)14(13)15/h1-4,9-10,13-15H,5-8,17H2,(H,18,19). The van der Waals surface area contributed by atoms with Gasteiger partial charge in [-0.15, -0.1) is 0 Å². The molecule has 3 N–H and O–H groups in total. The van der Waals surface area contributed by atoms with Crippen molar-refractivity contribution in [2.45, 2.75) is 25.8 Å². The molecule has 3 aliphatic rings. The molecular formula is C16H20N2O. The van der Waals surface area contributed by atoms with Gasteiger partial charge in [-0.3, -0.25) is 4.79 Å². The van der Waals surface area contributed by atoms with Crippen LogP contribution in [0.25, 0.3) is 0 Å². The van der Waals surface area contributed by atoms with Crippen LogP contribution in [0, 0.1) is 29.6 Å². The first-order valence-corrected chi connectivity index (χ1v) is 7.38. The third kappa shape index (κ3) is 1.64. The van der Waals surface area contributed by atoms with Crippen molar-refractivity contribution in [1.29, 1.82) is 0 Å². The SMILES string of the molecule is NCc1ccccc1NC(=O)C1C2C3CCC(C3)C12. The molecule has 4 atom stereocenters. The molecule has 0 radical (unpaired) electrons. The van der Waals surface area contributed by atoms with Crippen LogP contribution in [0.1, 0.15) is 24.8 Å². The van der Waals surface area contributed by atoms with Gasteiger partial charge in [0.25, 0.3) is 0 Å². The van der Waals surface area contributed by atoms with Gasteiger partial charge in [-0.25, -0.2) is 0 Å². The Balaban J connectivity index is 1.48. The van der Waals surface area contributed by atoms with E-state index in [-0.39, 0.29) is 11.8 Å². The fourth-order valence-corrected chi connectivity index (χ4v) is 4.71. The number of anilines is 1. The number of nitrogens with one attached hydrogen (secondary N) is 1. The van der Waals surface area contributed by atoms with Crippen molar-refractivity contribution in [3.8, 4) is 0 Å². The number of fused-ring (bicyclic) bond motifs is 5. The first kappa shape index (κ1) is 11.5. The molecule has 0 heterocycles. The van der Waals surface area contributed by atoms with Gasteiger partial charge in [0.15, 0.2) is 0 Å². The molecule has 2 bridgehead atoms. The Labute approximate surface area is 113 Å². The van der Waals surface area contributed by atoms with Crippen LogP contribution in [0.5, 0.6) is 0 Å². The molecule has 3 aliphatic carbocycles. The number of benzene rings is 1. The highest BCUT2D eigenvalue weighted by Gasteiger charge is 2.67. The molecule has 100 valence electrons. The minimum Gasteiger partial charge on any atom is -0.326 e. The van der Waals surface area contributed by atoms with E-state index >= 15 is 0 Å². The molecule has 3 heteroatoms. The van der Waals surface area contributed by atoms with Gasteiger partial charge in [-0.2, -0.15) is 0 Å². The number of rotatable bonds is 3. The number of carbonyl (C=O) groups is 1. The summed E-state index contributed by atoms with van der Waals surface area (Å²) in [4.78, 5) is 12.4. The van der Waals surface area contributed by atoms with Crippen molar-refractivity contribution >= 4 is 11.6 Å². The minimum absolute atomic E-state index is 0.229. The second-order valence-corrected chi connectivity index (χ2v) is 6.36. The van der Waals surface area contributed by atoms with E-state index in [0.717, 1.165) is 23.1 Å². The topological polar surface area (TPSA) is 55.1 Å². The van der Waals surface area contributed by atoms with E-state index in [4.69, 9.17) is 5.73 Å². The highest BCUT2D eigenvalue weighted by molar-refractivity contribution is 5.95. The average Bonchev–Trinajstić information content (AvgIpc) is 2.88. The van der Waals surface area contributed by atoms with Gasteiger partial charge in [0.05, 0.1) is 0 Å². The van der Waals surface area contributed by atoms with Crippen LogP contribution < -0.4 is 11.1 Å². The average molecular weight is 256 g/mol. The van der Waals surface area contributed by atoms with Crippen molar-refractivity contribution in [1.82, 2.24) is 0 Å². The highest BCUT2D eigenvalue weighted by Crippen LogP contribution is 2.69. The van der Waals surface area contributed by atoms with Crippen LogP contribution in [0.2, 0.25) is 0 Å². The quantitative estimate of drug-likeness (QED) is 0.872. The summed E-state index contributed by atoms with van der Waals surface area (Å²) in [5.41, 5.74) is 7.63. The molecule has 0 aliphatic heterocycles. The van der Waals surface area contributed by atoms with Gasteiger partial charge in [-0.05, 0) is 54.6 Å². The summed E-state index contributed by atoms with van der Waals surface area (Å²) in [6, 6.07) is 7.84. The summed E-state index contributed by atoms with van der Waals surface area (Å²) in [5, 5.41) is 3.10. The largest absolute Gasteiger partial charge is 0.326 e. The van der Waals surface area contributed by atoms with Crippen LogP contribution in [-0.2, 0) is 11.3 Å². The first-order chi connectivity index (χ1) is 9.29. The summed E-state index contributed by atoms with van der Waals surface area (Å²) in [6.45, 7) is 0.471. The second-order valence-electron chi connectivity index (χ2n) is 6.36. The van der Waals surface area contributed by atoms with Crippen molar-refractivity contribution in [2.24, 2.45) is 35.3 Å². The number of nitrogens with two attached hydrogens (primary N) is 1. The molecule has 0 spiro atoms. The molecule has 0 aromatic heterocycles. The molecule has 3 saturated carbocycles. The number of carbonyl (C=O) groups excluding carboxylic acids is 1. The fourth-order valence-electron chi connectivity index (χ4n) is 4.71. The third-order valence-electron chi connectivity index (χ3n) is 5.53. The monoisotopic (exact) mass is 256 g/mol. The van der Waals surface area contributed by atoms with E-state index in [1.807, 2.05) is 24.3 Å². The molecule has 1 amide bonds. The van der Waals surface area contributed by atoms with Crippen LogP contribution >= 0.6 is 0 Å². The number of hydrogen-bond donors (Lipinski definition) is 2. The molecule has 4 rings (SSSR count). The zero-order chi connectivity index (χ0) is 13.0. The summed E-state index contributed by atoms with van der Waals surface area (Å²) >= 11 is 0. The Morgan fingerprint density at radius 1 is 1.21 bits per heavy atom. The predicted octanol–water partition coefficient (Wildman–Crippen LogP) is 2.38. The van der Waals surface area contributed by atoms with E-state index < -0.39 is 0 Å². The van der Waals surface area contributed by atoms with E-state index in [1.54, 1.807) is 0 Å². The molecule has 19 heavy (non-hydrogen) atoms. The predicted molar refractivity (Wildman–Crippen MR) is 74.3 cm³/mol. The zero-order valence-electron chi connectivity index (χ0n) is 11.0. The Morgan fingerprint density at radius 3 is 2.58 bits per heavy atom. The zero-order valence-corrected chi connectivity index (χ0v) is 11.0. The maximum atomic E-state index is 12.4. The summed E-state index contributed by atoms with van der Waals surface area (Å²) in [6.07, 6.45) is 4.10. The number of amides is 1.